The van der Waals surface area contributed by atoms with E-state index in [4.69, 9.17) is 0 Å². The summed E-state index contributed by atoms with van der Waals surface area (Å²) in [5.41, 5.74) is 4.11. The topological polar surface area (TPSA) is 40.5 Å². The number of phenolic OH excluding ortho intramolecular Hbond substituents is 2. The van der Waals surface area contributed by atoms with Crippen molar-refractivity contribution in [3.63, 3.8) is 0 Å². The zero-order chi connectivity index (χ0) is 22.1. The third-order valence-corrected chi connectivity index (χ3v) is 7.28. The second-order valence-corrected chi connectivity index (χ2v) is 9.52. The lowest BCUT2D eigenvalue weighted by Crippen LogP contribution is -2.25. The van der Waals surface area contributed by atoms with Crippen molar-refractivity contribution in [3.05, 3.63) is 47.5 Å². The molecule has 2 heteroatoms. The van der Waals surface area contributed by atoms with E-state index in [0.717, 1.165) is 24.0 Å². The Labute approximate surface area is 189 Å². The molecule has 0 radical (unpaired) electrons. The van der Waals surface area contributed by atoms with Crippen LogP contribution < -0.4 is 0 Å². The highest BCUT2D eigenvalue weighted by atomic mass is 16.3. The van der Waals surface area contributed by atoms with E-state index >= 15 is 0 Å². The number of fused-ring (bicyclic) bond motifs is 3. The van der Waals surface area contributed by atoms with Crippen molar-refractivity contribution >= 4 is 0 Å². The van der Waals surface area contributed by atoms with Gasteiger partial charge in [-0.3, -0.25) is 0 Å². The van der Waals surface area contributed by atoms with Crippen molar-refractivity contribution in [2.45, 2.75) is 109 Å². The molecule has 0 spiro atoms. The van der Waals surface area contributed by atoms with Crippen LogP contribution in [0, 0.1) is 0 Å². The lowest BCUT2D eigenvalue weighted by molar-refractivity contribution is 0.395. The number of benzene rings is 2. The Bertz CT molecular complexity index is 754. The smallest absolute Gasteiger partial charge is 0.123 e. The van der Waals surface area contributed by atoms with Gasteiger partial charge < -0.3 is 10.2 Å². The predicted octanol–water partition coefficient (Wildman–Crippen LogP) is 8.87. The van der Waals surface area contributed by atoms with Crippen molar-refractivity contribution in [1.29, 1.82) is 0 Å². The molecule has 0 bridgehead atoms. The fraction of sp³-hybridized carbons (Fsp3) is 0.586. The van der Waals surface area contributed by atoms with Crippen LogP contribution in [-0.4, -0.2) is 10.2 Å². The predicted molar refractivity (Wildman–Crippen MR) is 132 cm³/mol. The fourth-order valence-electron chi connectivity index (χ4n) is 5.63. The number of hydrogen-bond donors (Lipinski definition) is 2. The van der Waals surface area contributed by atoms with Gasteiger partial charge >= 0.3 is 0 Å². The molecule has 170 valence electrons. The lowest BCUT2D eigenvalue weighted by Gasteiger charge is -2.33. The Morgan fingerprint density at radius 3 is 1.35 bits per heavy atom. The van der Waals surface area contributed by atoms with Crippen LogP contribution in [0.3, 0.4) is 0 Å². The summed E-state index contributed by atoms with van der Waals surface area (Å²) in [5, 5.41) is 21.5. The molecule has 0 heterocycles. The molecule has 2 N–H and O–H groups in total. The van der Waals surface area contributed by atoms with Crippen LogP contribution in [-0.2, 0) is 5.41 Å². The van der Waals surface area contributed by atoms with E-state index in [2.05, 4.69) is 26.0 Å². The Balaban J connectivity index is 1.86. The van der Waals surface area contributed by atoms with Gasteiger partial charge in [0.2, 0.25) is 0 Å². The molecule has 0 amide bonds. The number of unbranched alkanes of at least 4 members (excludes halogenated alkanes) is 10. The monoisotopic (exact) mass is 422 g/mol. The first-order chi connectivity index (χ1) is 15.2. The second kappa shape index (κ2) is 11.6. The van der Waals surface area contributed by atoms with Gasteiger partial charge in [-0.2, -0.15) is 0 Å². The molecule has 0 saturated carbocycles. The summed E-state index contributed by atoms with van der Waals surface area (Å²) in [5.74, 6) is 0.598. The largest absolute Gasteiger partial charge is 0.507 e. The minimum Gasteiger partial charge on any atom is -0.507 e. The van der Waals surface area contributed by atoms with E-state index in [1.165, 1.54) is 88.2 Å². The van der Waals surface area contributed by atoms with Gasteiger partial charge in [0.15, 0.2) is 0 Å². The summed E-state index contributed by atoms with van der Waals surface area (Å²) < 4.78 is 0. The molecule has 0 atom stereocenters. The first-order valence-corrected chi connectivity index (χ1v) is 12.8. The highest BCUT2D eigenvalue weighted by Crippen LogP contribution is 2.58. The van der Waals surface area contributed by atoms with Crippen LogP contribution in [0.15, 0.2) is 36.4 Å². The first kappa shape index (κ1) is 23.7. The first-order valence-electron chi connectivity index (χ1n) is 12.8. The summed E-state index contributed by atoms with van der Waals surface area (Å²) in [6, 6.07) is 11.9. The van der Waals surface area contributed by atoms with Gasteiger partial charge in [0.25, 0.3) is 0 Å². The van der Waals surface area contributed by atoms with Crippen LogP contribution in [0.4, 0.5) is 0 Å². The van der Waals surface area contributed by atoms with Crippen LogP contribution in [0.5, 0.6) is 11.5 Å². The molecule has 0 saturated heterocycles. The highest BCUT2D eigenvalue weighted by molar-refractivity contribution is 5.88. The van der Waals surface area contributed by atoms with Crippen molar-refractivity contribution in [3.8, 4) is 22.6 Å². The molecule has 0 aliphatic heterocycles. The Kier molecular flexibility index (Phi) is 8.87. The molecule has 0 aromatic heterocycles. The van der Waals surface area contributed by atoms with Gasteiger partial charge in [0.05, 0.1) is 0 Å². The Morgan fingerprint density at radius 2 is 0.935 bits per heavy atom. The highest BCUT2D eigenvalue weighted by Gasteiger charge is 2.44. The van der Waals surface area contributed by atoms with Crippen LogP contribution in [0.2, 0.25) is 0 Å². The molecule has 0 unspecified atom stereocenters. The Hall–Kier alpha value is -1.96. The van der Waals surface area contributed by atoms with Gasteiger partial charge in [-0.1, -0.05) is 115 Å². The number of aromatic hydroxyl groups is 2. The maximum atomic E-state index is 10.8. The van der Waals surface area contributed by atoms with Gasteiger partial charge in [-0.15, -0.1) is 0 Å². The van der Waals surface area contributed by atoms with Crippen molar-refractivity contribution in [2.24, 2.45) is 0 Å². The minimum atomic E-state index is -0.0857. The molecule has 3 rings (SSSR count). The van der Waals surface area contributed by atoms with Gasteiger partial charge in [0.1, 0.15) is 11.5 Å². The normalized spacial score (nSPS) is 13.9. The maximum absolute atomic E-state index is 10.8. The zero-order valence-electron chi connectivity index (χ0n) is 19.8. The SMILES string of the molecule is CCCCCCCCC1(CCCCCCCC)c2cccc(O)c2-c2c(O)cccc21. The van der Waals surface area contributed by atoms with Crippen molar-refractivity contribution in [2.75, 3.05) is 0 Å². The third-order valence-electron chi connectivity index (χ3n) is 7.28. The third kappa shape index (κ3) is 5.27. The minimum absolute atomic E-state index is 0.0857. The molecular formula is C29H42O2. The van der Waals surface area contributed by atoms with E-state index in [0.29, 0.717) is 11.5 Å². The van der Waals surface area contributed by atoms with E-state index in [1.807, 2.05) is 12.1 Å². The summed E-state index contributed by atoms with van der Waals surface area (Å²) in [7, 11) is 0. The van der Waals surface area contributed by atoms with Crippen molar-refractivity contribution < 1.29 is 10.2 Å². The molecule has 2 nitrogen and oxygen atoms in total. The Morgan fingerprint density at radius 1 is 0.548 bits per heavy atom. The zero-order valence-corrected chi connectivity index (χ0v) is 19.8. The van der Waals surface area contributed by atoms with Crippen molar-refractivity contribution in [1.82, 2.24) is 0 Å². The average Bonchev–Trinajstić information content (AvgIpc) is 3.06. The molecule has 0 fully saturated rings. The molecule has 2 aromatic rings. The van der Waals surface area contributed by atoms with Crippen LogP contribution in [0.25, 0.3) is 11.1 Å². The van der Waals surface area contributed by atoms with E-state index in [-0.39, 0.29) is 5.41 Å². The summed E-state index contributed by atoms with van der Waals surface area (Å²) >= 11 is 0. The quantitative estimate of drug-likeness (QED) is 0.298. The molecular weight excluding hydrogens is 380 g/mol. The molecule has 2 aromatic carbocycles. The maximum Gasteiger partial charge on any atom is 0.123 e. The van der Waals surface area contributed by atoms with Crippen LogP contribution in [0.1, 0.15) is 115 Å². The van der Waals surface area contributed by atoms with Gasteiger partial charge in [-0.25, -0.2) is 0 Å². The van der Waals surface area contributed by atoms with Crippen LogP contribution >= 0.6 is 0 Å². The number of hydrogen-bond acceptors (Lipinski definition) is 2. The average molecular weight is 423 g/mol. The fourth-order valence-corrected chi connectivity index (χ4v) is 5.63. The number of rotatable bonds is 14. The number of phenols is 2. The molecule has 1 aliphatic carbocycles. The summed E-state index contributed by atoms with van der Waals surface area (Å²) in [4.78, 5) is 0. The summed E-state index contributed by atoms with van der Waals surface area (Å²) in [6.45, 7) is 4.53. The summed E-state index contributed by atoms with van der Waals surface area (Å²) in [6.07, 6.45) is 17.6. The van der Waals surface area contributed by atoms with Gasteiger partial charge in [0, 0.05) is 16.5 Å². The lowest BCUT2D eigenvalue weighted by atomic mass is 9.70. The van der Waals surface area contributed by atoms with Gasteiger partial charge in [-0.05, 0) is 36.1 Å². The standard InChI is InChI=1S/C29H42O2/c1-3-5-7-9-11-13-21-29(22-14-12-10-8-6-4-2)23-17-15-19-25(30)27(23)28-24(29)18-16-20-26(28)31/h15-20,30-31H,3-14,21-22H2,1-2H3. The van der Waals surface area contributed by atoms with E-state index in [1.54, 1.807) is 12.1 Å². The van der Waals surface area contributed by atoms with E-state index < -0.39 is 0 Å². The molecule has 31 heavy (non-hydrogen) atoms. The second-order valence-electron chi connectivity index (χ2n) is 9.52. The van der Waals surface area contributed by atoms with E-state index in [9.17, 15) is 10.2 Å². The molecule has 1 aliphatic rings.